The number of nitrogens with zero attached hydrogens (tertiary/aromatic N) is 2. The maximum absolute atomic E-state index is 10.6. The Balaban J connectivity index is 4.22. The van der Waals surface area contributed by atoms with Crippen LogP contribution in [0.5, 0.6) is 0 Å². The van der Waals surface area contributed by atoms with Crippen LogP contribution in [-0.2, 0) is 9.09 Å². The lowest BCUT2D eigenvalue weighted by atomic mass is 10.9. The summed E-state index contributed by atoms with van der Waals surface area (Å²) in [5.41, 5.74) is 0. The first-order valence-electron chi connectivity index (χ1n) is 2.26. The molecule has 5 heteroatoms. The van der Waals surface area contributed by atoms with Gasteiger partial charge in [-0.05, 0) is 6.92 Å². The van der Waals surface area contributed by atoms with Crippen molar-refractivity contribution in [3.05, 3.63) is 0 Å². The highest BCUT2D eigenvalue weighted by atomic mass is 31.2. The normalized spacial score (nSPS) is 9.67. The second-order valence-corrected chi connectivity index (χ2v) is 2.93. The number of hydrogen-bond donors (Lipinski definition) is 0. The Bertz CT molecular complexity index is 194. The third-order valence-corrected chi connectivity index (χ3v) is 1.72. The molecule has 0 N–H and O–H groups in total. The predicted octanol–water partition coefficient (Wildman–Crippen LogP) is 1.26. The molecule has 0 fully saturated rings. The van der Waals surface area contributed by atoms with E-state index in [4.69, 9.17) is 10.5 Å². The van der Waals surface area contributed by atoms with Crippen molar-refractivity contribution < 1.29 is 9.09 Å². The van der Waals surface area contributed by atoms with Gasteiger partial charge in [0.2, 0.25) is 0 Å². The molecule has 0 aromatic rings. The summed E-state index contributed by atoms with van der Waals surface area (Å²) in [5, 5.41) is 16.1. The van der Waals surface area contributed by atoms with Gasteiger partial charge in [-0.2, -0.15) is 10.5 Å². The van der Waals surface area contributed by atoms with Crippen LogP contribution >= 0.6 is 7.37 Å². The average molecular weight is 144 g/mol. The van der Waals surface area contributed by atoms with Gasteiger partial charge in [0.15, 0.2) is 11.6 Å². The van der Waals surface area contributed by atoms with Crippen molar-refractivity contribution in [2.24, 2.45) is 0 Å². The van der Waals surface area contributed by atoms with Crippen LogP contribution in [0.2, 0.25) is 0 Å². The number of hydrogen-bond acceptors (Lipinski definition) is 4. The molecule has 0 aliphatic heterocycles. The van der Waals surface area contributed by atoms with Gasteiger partial charge in [-0.1, -0.05) is 0 Å². The summed E-state index contributed by atoms with van der Waals surface area (Å²) in [6.07, 6.45) is 0. The molecule has 0 bridgehead atoms. The van der Waals surface area contributed by atoms with Gasteiger partial charge in [-0.25, -0.2) is 0 Å². The van der Waals surface area contributed by atoms with Gasteiger partial charge in [-0.15, -0.1) is 0 Å². The minimum absolute atomic E-state index is 0.123. The van der Waals surface area contributed by atoms with Gasteiger partial charge in [0.25, 0.3) is 0 Å². The molecule has 0 aromatic heterocycles. The van der Waals surface area contributed by atoms with E-state index in [0.717, 1.165) is 0 Å². The number of rotatable bonds is 2. The lowest BCUT2D eigenvalue weighted by Crippen LogP contribution is -1.82. The summed E-state index contributed by atoms with van der Waals surface area (Å²) < 4.78 is 15.0. The van der Waals surface area contributed by atoms with Gasteiger partial charge in [0.1, 0.15) is 0 Å². The molecule has 0 aromatic carbocycles. The first kappa shape index (κ1) is 8.17. The standard InChI is InChI=1S/C4H5N2O2P/c1-2-8-9(7,3-5)4-6/h2H2,1H3. The SMILES string of the molecule is CCOP(=O)(C#N)C#N. The predicted molar refractivity (Wildman–Crippen MR) is 30.5 cm³/mol. The van der Waals surface area contributed by atoms with Gasteiger partial charge in [-0.3, -0.25) is 4.57 Å². The lowest BCUT2D eigenvalue weighted by Gasteiger charge is -1.95. The summed E-state index contributed by atoms with van der Waals surface area (Å²) in [7, 11) is -3.57. The molecular formula is C4H5N2O2P. The van der Waals surface area contributed by atoms with Crippen LogP contribution in [0.1, 0.15) is 6.92 Å². The third-order valence-electron chi connectivity index (χ3n) is 0.574. The monoisotopic (exact) mass is 144 g/mol. The minimum atomic E-state index is -3.57. The topological polar surface area (TPSA) is 73.9 Å². The largest absolute Gasteiger partial charge is 0.396 e. The Labute approximate surface area is 53.1 Å². The van der Waals surface area contributed by atoms with Crippen molar-refractivity contribution >= 4 is 7.37 Å². The second kappa shape index (κ2) is 3.25. The summed E-state index contributed by atoms with van der Waals surface area (Å²) in [6, 6.07) is 0. The van der Waals surface area contributed by atoms with Crippen molar-refractivity contribution in [2.45, 2.75) is 6.92 Å². The van der Waals surface area contributed by atoms with E-state index in [1.165, 1.54) is 11.6 Å². The van der Waals surface area contributed by atoms with Crippen LogP contribution in [0.25, 0.3) is 0 Å². The van der Waals surface area contributed by atoms with E-state index in [0.29, 0.717) is 0 Å². The van der Waals surface area contributed by atoms with E-state index < -0.39 is 7.37 Å². The quantitative estimate of drug-likeness (QED) is 0.546. The van der Waals surface area contributed by atoms with Crippen molar-refractivity contribution in [1.29, 1.82) is 10.5 Å². The molecule has 0 heterocycles. The maximum Gasteiger partial charge on any atom is 0.396 e. The molecule has 0 spiro atoms. The molecular weight excluding hydrogens is 139 g/mol. The van der Waals surface area contributed by atoms with Crippen molar-refractivity contribution in [2.75, 3.05) is 6.61 Å². The van der Waals surface area contributed by atoms with Crippen LogP contribution in [-0.4, -0.2) is 6.61 Å². The molecule has 0 amide bonds. The molecule has 0 radical (unpaired) electrons. The zero-order valence-electron chi connectivity index (χ0n) is 4.87. The minimum Gasteiger partial charge on any atom is -0.308 e. The van der Waals surface area contributed by atoms with E-state index in [1.54, 1.807) is 6.92 Å². The Morgan fingerprint density at radius 3 is 2.11 bits per heavy atom. The molecule has 4 nitrogen and oxygen atoms in total. The summed E-state index contributed by atoms with van der Waals surface area (Å²) >= 11 is 0. The Hall–Kier alpha value is -0.830. The molecule has 0 atom stereocenters. The van der Waals surface area contributed by atoms with E-state index in [2.05, 4.69) is 4.52 Å². The summed E-state index contributed by atoms with van der Waals surface area (Å²) in [4.78, 5) is 0. The van der Waals surface area contributed by atoms with Crippen LogP contribution in [0.4, 0.5) is 0 Å². The van der Waals surface area contributed by atoms with E-state index >= 15 is 0 Å². The first-order valence-corrected chi connectivity index (χ1v) is 3.88. The smallest absolute Gasteiger partial charge is 0.308 e. The highest BCUT2D eigenvalue weighted by Gasteiger charge is 2.19. The molecule has 0 unspecified atom stereocenters. The molecule has 0 saturated heterocycles. The van der Waals surface area contributed by atoms with E-state index in [1.807, 2.05) is 0 Å². The van der Waals surface area contributed by atoms with E-state index in [9.17, 15) is 4.57 Å². The Kier molecular flexibility index (Phi) is 2.95. The molecule has 0 rings (SSSR count). The highest BCUT2D eigenvalue weighted by Crippen LogP contribution is 2.43. The zero-order valence-corrected chi connectivity index (χ0v) is 5.76. The zero-order chi connectivity index (χ0) is 7.33. The van der Waals surface area contributed by atoms with Gasteiger partial charge >= 0.3 is 7.37 Å². The molecule has 0 saturated carbocycles. The fourth-order valence-electron chi connectivity index (χ4n) is 0.262. The second-order valence-electron chi connectivity index (χ2n) is 1.17. The first-order chi connectivity index (χ1) is 4.18. The van der Waals surface area contributed by atoms with Gasteiger partial charge in [0.05, 0.1) is 6.61 Å². The highest BCUT2D eigenvalue weighted by molar-refractivity contribution is 7.68. The Morgan fingerprint density at radius 1 is 1.56 bits per heavy atom. The average Bonchev–Trinajstić information content (AvgIpc) is 1.89. The third kappa shape index (κ3) is 2.28. The van der Waals surface area contributed by atoms with Crippen LogP contribution in [0.15, 0.2) is 0 Å². The fraction of sp³-hybridized carbons (Fsp3) is 0.500. The Morgan fingerprint density at radius 2 is 2.00 bits per heavy atom. The van der Waals surface area contributed by atoms with Crippen LogP contribution in [0, 0.1) is 22.1 Å². The van der Waals surface area contributed by atoms with Gasteiger partial charge in [0, 0.05) is 0 Å². The maximum atomic E-state index is 10.6. The molecule has 0 aliphatic rings. The lowest BCUT2D eigenvalue weighted by molar-refractivity contribution is 0.348. The van der Waals surface area contributed by atoms with E-state index in [-0.39, 0.29) is 6.61 Å². The van der Waals surface area contributed by atoms with Gasteiger partial charge < -0.3 is 4.52 Å². The van der Waals surface area contributed by atoms with Crippen LogP contribution in [0.3, 0.4) is 0 Å². The van der Waals surface area contributed by atoms with Crippen molar-refractivity contribution in [1.82, 2.24) is 0 Å². The van der Waals surface area contributed by atoms with Crippen molar-refractivity contribution in [3.8, 4) is 11.6 Å². The van der Waals surface area contributed by atoms with Crippen molar-refractivity contribution in [3.63, 3.8) is 0 Å². The summed E-state index contributed by atoms with van der Waals surface area (Å²) in [5.74, 6) is 2.60. The van der Waals surface area contributed by atoms with Crippen LogP contribution < -0.4 is 0 Å². The molecule has 0 aliphatic carbocycles. The summed E-state index contributed by atoms with van der Waals surface area (Å²) in [6.45, 7) is 1.69. The number of nitriles is 2. The molecule has 9 heavy (non-hydrogen) atoms. The molecule has 48 valence electrons. The fourth-order valence-corrected chi connectivity index (χ4v) is 0.786.